The lowest BCUT2D eigenvalue weighted by atomic mass is 9.65. The maximum atomic E-state index is 5.48. The monoisotopic (exact) mass is 357 g/mol. The number of rotatable bonds is 5. The SMILES string of the molecule is CN=C(NCC1(C2CC2)CCC1)N1CCc2cc(OC)c(OC)cc2C1. The Hall–Kier alpha value is -1.91. The zero-order valence-electron chi connectivity index (χ0n) is 16.3. The van der Waals surface area contributed by atoms with Crippen LogP contribution in [0.25, 0.3) is 0 Å². The lowest BCUT2D eigenvalue weighted by Crippen LogP contribution is -2.50. The highest BCUT2D eigenvalue weighted by atomic mass is 16.5. The molecule has 3 aliphatic rings. The van der Waals surface area contributed by atoms with Gasteiger partial charge in [-0.1, -0.05) is 6.42 Å². The average Bonchev–Trinajstić information content (AvgIpc) is 3.47. The summed E-state index contributed by atoms with van der Waals surface area (Å²) in [7, 11) is 5.29. The van der Waals surface area contributed by atoms with Crippen LogP contribution in [0, 0.1) is 11.3 Å². The van der Waals surface area contributed by atoms with Crippen LogP contribution in [0.1, 0.15) is 43.2 Å². The van der Waals surface area contributed by atoms with Gasteiger partial charge in [0.25, 0.3) is 0 Å². The molecule has 0 aromatic heterocycles. The predicted octanol–water partition coefficient (Wildman–Crippen LogP) is 3.22. The molecule has 2 aliphatic carbocycles. The van der Waals surface area contributed by atoms with E-state index in [2.05, 4.69) is 27.3 Å². The van der Waals surface area contributed by atoms with Crippen molar-refractivity contribution < 1.29 is 9.47 Å². The molecule has 0 spiro atoms. The molecule has 26 heavy (non-hydrogen) atoms. The van der Waals surface area contributed by atoms with Gasteiger partial charge in [0.1, 0.15) is 0 Å². The van der Waals surface area contributed by atoms with Crippen molar-refractivity contribution in [3.8, 4) is 11.5 Å². The number of hydrogen-bond donors (Lipinski definition) is 1. The van der Waals surface area contributed by atoms with E-state index < -0.39 is 0 Å². The Bertz CT molecular complexity index is 693. The molecule has 4 rings (SSSR count). The largest absolute Gasteiger partial charge is 0.493 e. The van der Waals surface area contributed by atoms with Crippen LogP contribution in [0.4, 0.5) is 0 Å². The molecule has 0 radical (unpaired) electrons. The standard InChI is InChI=1S/C21H31N3O2/c1-22-20(23-14-21(8-4-9-21)17-5-6-17)24-10-7-15-11-18(25-2)19(26-3)12-16(15)13-24/h11-12,17H,4-10,13-14H2,1-3H3,(H,22,23). The molecule has 2 saturated carbocycles. The van der Waals surface area contributed by atoms with E-state index in [0.29, 0.717) is 5.41 Å². The Kier molecular flexibility index (Phi) is 4.72. The second kappa shape index (κ2) is 7.01. The Morgan fingerprint density at radius 3 is 2.42 bits per heavy atom. The molecule has 142 valence electrons. The summed E-state index contributed by atoms with van der Waals surface area (Å²) in [6.07, 6.45) is 8.04. The van der Waals surface area contributed by atoms with E-state index in [4.69, 9.17) is 9.47 Å². The number of nitrogens with one attached hydrogen (secondary N) is 1. The predicted molar refractivity (Wildman–Crippen MR) is 104 cm³/mol. The van der Waals surface area contributed by atoms with Crippen molar-refractivity contribution >= 4 is 5.96 Å². The molecule has 0 atom stereocenters. The summed E-state index contributed by atoms with van der Waals surface area (Å²) in [5, 5.41) is 3.71. The van der Waals surface area contributed by atoms with Gasteiger partial charge in [0.2, 0.25) is 0 Å². The first-order valence-electron chi connectivity index (χ1n) is 9.88. The van der Waals surface area contributed by atoms with Crippen molar-refractivity contribution in [3.05, 3.63) is 23.3 Å². The van der Waals surface area contributed by atoms with Crippen LogP contribution >= 0.6 is 0 Å². The van der Waals surface area contributed by atoms with E-state index in [-0.39, 0.29) is 0 Å². The molecule has 2 fully saturated rings. The molecule has 0 saturated heterocycles. The zero-order valence-corrected chi connectivity index (χ0v) is 16.3. The summed E-state index contributed by atoms with van der Waals surface area (Å²) >= 11 is 0. The van der Waals surface area contributed by atoms with Crippen molar-refractivity contribution in [3.63, 3.8) is 0 Å². The molecule has 5 nitrogen and oxygen atoms in total. The van der Waals surface area contributed by atoms with E-state index in [0.717, 1.165) is 49.4 Å². The van der Waals surface area contributed by atoms with Crippen LogP contribution in [0.15, 0.2) is 17.1 Å². The smallest absolute Gasteiger partial charge is 0.193 e. The molecular formula is C21H31N3O2. The van der Waals surface area contributed by atoms with Crippen molar-refractivity contribution in [2.75, 3.05) is 34.4 Å². The van der Waals surface area contributed by atoms with Crippen LogP contribution in [0.5, 0.6) is 11.5 Å². The fourth-order valence-electron chi connectivity index (χ4n) is 4.71. The molecule has 1 heterocycles. The number of hydrogen-bond acceptors (Lipinski definition) is 3. The van der Waals surface area contributed by atoms with E-state index in [9.17, 15) is 0 Å². The zero-order chi connectivity index (χ0) is 18.1. The third-order valence-corrected chi connectivity index (χ3v) is 6.62. The highest BCUT2D eigenvalue weighted by Crippen LogP contribution is 2.56. The molecule has 1 aromatic rings. The van der Waals surface area contributed by atoms with Crippen LogP contribution in [-0.2, 0) is 13.0 Å². The Balaban J connectivity index is 1.44. The number of benzene rings is 1. The summed E-state index contributed by atoms with van der Waals surface area (Å²) in [4.78, 5) is 6.95. The van der Waals surface area contributed by atoms with E-state index in [1.54, 1.807) is 14.2 Å². The first-order chi connectivity index (χ1) is 12.7. The maximum Gasteiger partial charge on any atom is 0.193 e. The Labute approximate surface area is 156 Å². The van der Waals surface area contributed by atoms with Gasteiger partial charge in [-0.25, -0.2) is 0 Å². The summed E-state index contributed by atoms with van der Waals surface area (Å²) in [5.74, 6) is 3.62. The Morgan fingerprint density at radius 2 is 1.88 bits per heavy atom. The molecule has 1 N–H and O–H groups in total. The molecule has 1 aromatic carbocycles. The quantitative estimate of drug-likeness (QED) is 0.649. The average molecular weight is 357 g/mol. The molecule has 1 aliphatic heterocycles. The minimum atomic E-state index is 0.556. The van der Waals surface area contributed by atoms with E-state index in [1.807, 2.05) is 7.05 Å². The number of fused-ring (bicyclic) bond motifs is 1. The lowest BCUT2D eigenvalue weighted by Gasteiger charge is -2.44. The van der Waals surface area contributed by atoms with Gasteiger partial charge in [-0.3, -0.25) is 4.99 Å². The Morgan fingerprint density at radius 1 is 1.19 bits per heavy atom. The fraction of sp³-hybridized carbons (Fsp3) is 0.667. The molecule has 5 heteroatoms. The van der Waals surface area contributed by atoms with Crippen LogP contribution in [-0.4, -0.2) is 45.2 Å². The molecular weight excluding hydrogens is 326 g/mol. The molecule has 0 bridgehead atoms. The van der Waals surface area contributed by atoms with Crippen molar-refractivity contribution in [2.24, 2.45) is 16.3 Å². The summed E-state index contributed by atoms with van der Waals surface area (Å²) in [5.41, 5.74) is 3.21. The van der Waals surface area contributed by atoms with Gasteiger partial charge in [0, 0.05) is 26.7 Å². The van der Waals surface area contributed by atoms with Crippen molar-refractivity contribution in [2.45, 2.75) is 45.1 Å². The summed E-state index contributed by atoms with van der Waals surface area (Å²) < 4.78 is 10.9. The topological polar surface area (TPSA) is 46.1 Å². The number of guanidine groups is 1. The van der Waals surface area contributed by atoms with Gasteiger partial charge in [-0.15, -0.1) is 0 Å². The van der Waals surface area contributed by atoms with Gasteiger partial charge in [0.05, 0.1) is 14.2 Å². The summed E-state index contributed by atoms with van der Waals surface area (Å²) in [6.45, 7) is 2.93. The van der Waals surface area contributed by atoms with Gasteiger partial charge in [-0.05, 0) is 66.7 Å². The second-order valence-corrected chi connectivity index (χ2v) is 8.04. The van der Waals surface area contributed by atoms with Crippen molar-refractivity contribution in [1.29, 1.82) is 0 Å². The lowest BCUT2D eigenvalue weighted by molar-refractivity contribution is 0.104. The highest BCUT2D eigenvalue weighted by molar-refractivity contribution is 5.80. The van der Waals surface area contributed by atoms with Crippen molar-refractivity contribution in [1.82, 2.24) is 10.2 Å². The van der Waals surface area contributed by atoms with Gasteiger partial charge in [-0.2, -0.15) is 0 Å². The van der Waals surface area contributed by atoms with E-state index >= 15 is 0 Å². The number of aliphatic imine (C=N–C) groups is 1. The number of methoxy groups -OCH3 is 2. The minimum absolute atomic E-state index is 0.556. The van der Waals surface area contributed by atoms with Gasteiger partial charge in [0.15, 0.2) is 17.5 Å². The first-order valence-corrected chi connectivity index (χ1v) is 9.88. The van der Waals surface area contributed by atoms with Crippen LogP contribution in [0.3, 0.4) is 0 Å². The third-order valence-electron chi connectivity index (χ3n) is 6.62. The third kappa shape index (κ3) is 3.12. The molecule has 0 unspecified atom stereocenters. The first kappa shape index (κ1) is 17.5. The maximum absolute atomic E-state index is 5.48. The van der Waals surface area contributed by atoms with Gasteiger partial charge >= 0.3 is 0 Å². The fourth-order valence-corrected chi connectivity index (χ4v) is 4.71. The highest BCUT2D eigenvalue weighted by Gasteiger charge is 2.48. The number of nitrogens with zero attached hydrogens (tertiary/aromatic N) is 2. The summed E-state index contributed by atoms with van der Waals surface area (Å²) in [6, 6.07) is 4.24. The van der Waals surface area contributed by atoms with Crippen LogP contribution < -0.4 is 14.8 Å². The second-order valence-electron chi connectivity index (χ2n) is 8.04. The molecule has 0 amide bonds. The van der Waals surface area contributed by atoms with Gasteiger partial charge < -0.3 is 19.7 Å². The number of ether oxygens (including phenoxy) is 2. The van der Waals surface area contributed by atoms with Crippen LogP contribution in [0.2, 0.25) is 0 Å². The normalized spacial score (nSPS) is 21.7. The van der Waals surface area contributed by atoms with E-state index in [1.165, 1.54) is 43.2 Å². The minimum Gasteiger partial charge on any atom is -0.493 e.